The number of pyridine rings is 1. The van der Waals surface area contributed by atoms with Gasteiger partial charge in [0.1, 0.15) is 0 Å². The first-order valence-corrected chi connectivity index (χ1v) is 13.2. The minimum atomic E-state index is -0.489. The van der Waals surface area contributed by atoms with Gasteiger partial charge in [-0.3, -0.25) is 19.4 Å². The summed E-state index contributed by atoms with van der Waals surface area (Å²) < 4.78 is 0. The van der Waals surface area contributed by atoms with E-state index < -0.39 is 5.91 Å². The van der Waals surface area contributed by atoms with E-state index in [1.54, 1.807) is 48.7 Å². The lowest BCUT2D eigenvalue weighted by Gasteiger charge is -2.32. The van der Waals surface area contributed by atoms with Gasteiger partial charge in [-0.05, 0) is 61.6 Å². The van der Waals surface area contributed by atoms with Crippen molar-refractivity contribution >= 4 is 52.3 Å². The molecule has 1 aliphatic heterocycles. The third kappa shape index (κ3) is 7.02. The summed E-state index contributed by atoms with van der Waals surface area (Å²) >= 11 is 6.26. The molecule has 3 N–H and O–H groups in total. The van der Waals surface area contributed by atoms with Crippen LogP contribution in [0.25, 0.3) is 0 Å². The van der Waals surface area contributed by atoms with Crippen LogP contribution in [0.2, 0.25) is 5.02 Å². The highest BCUT2D eigenvalue weighted by atomic mass is 35.5. The predicted molar refractivity (Wildman–Crippen MR) is 157 cm³/mol. The lowest BCUT2D eigenvalue weighted by molar-refractivity contribution is 0.0664. The number of carbonyl (C=O) groups is 3. The summed E-state index contributed by atoms with van der Waals surface area (Å²) in [7, 11) is 2.05. The van der Waals surface area contributed by atoms with Gasteiger partial charge in [-0.15, -0.1) is 0 Å². The summed E-state index contributed by atoms with van der Waals surface area (Å²) in [4.78, 5) is 54.6. The molecule has 41 heavy (non-hydrogen) atoms. The lowest BCUT2D eigenvalue weighted by Crippen LogP contribution is -2.47. The van der Waals surface area contributed by atoms with Crippen molar-refractivity contribution in [1.82, 2.24) is 24.8 Å². The molecule has 5 rings (SSSR count). The summed E-state index contributed by atoms with van der Waals surface area (Å²) in [6, 6.07) is 15.1. The molecule has 3 amide bonds. The van der Waals surface area contributed by atoms with Crippen molar-refractivity contribution in [3.8, 4) is 0 Å². The van der Waals surface area contributed by atoms with E-state index in [9.17, 15) is 14.4 Å². The van der Waals surface area contributed by atoms with Crippen LogP contribution in [0.5, 0.6) is 0 Å². The Morgan fingerprint density at radius 2 is 1.46 bits per heavy atom. The number of hydrogen-bond acceptors (Lipinski definition) is 8. The van der Waals surface area contributed by atoms with Crippen molar-refractivity contribution in [2.75, 3.05) is 49.2 Å². The fraction of sp³-hybridized carbons (Fsp3) is 0.172. The van der Waals surface area contributed by atoms with Crippen LogP contribution in [0.15, 0.2) is 79.4 Å². The van der Waals surface area contributed by atoms with Crippen LogP contribution in [0.3, 0.4) is 0 Å². The smallest absolute Gasteiger partial charge is 0.257 e. The number of anilines is 4. The van der Waals surface area contributed by atoms with E-state index in [2.05, 4.69) is 35.8 Å². The van der Waals surface area contributed by atoms with Gasteiger partial charge in [0.2, 0.25) is 5.95 Å². The average Bonchev–Trinajstić information content (AvgIpc) is 3.00. The average molecular weight is 571 g/mol. The number of amides is 3. The summed E-state index contributed by atoms with van der Waals surface area (Å²) in [6.45, 7) is 3.16. The summed E-state index contributed by atoms with van der Waals surface area (Å²) in [5.74, 6) is -0.515. The molecule has 208 valence electrons. The largest absolute Gasteiger partial charge is 0.336 e. The molecule has 0 spiro atoms. The quantitative estimate of drug-likeness (QED) is 0.302. The number of halogens is 1. The Hall–Kier alpha value is -4.87. The van der Waals surface area contributed by atoms with Gasteiger partial charge in [0, 0.05) is 55.5 Å². The van der Waals surface area contributed by atoms with Crippen LogP contribution in [-0.2, 0) is 0 Å². The summed E-state index contributed by atoms with van der Waals surface area (Å²) in [5.41, 5.74) is 2.65. The van der Waals surface area contributed by atoms with Gasteiger partial charge < -0.3 is 25.8 Å². The van der Waals surface area contributed by atoms with E-state index in [-0.39, 0.29) is 22.4 Å². The van der Waals surface area contributed by atoms with Crippen LogP contribution in [-0.4, -0.2) is 75.7 Å². The fourth-order valence-electron chi connectivity index (χ4n) is 4.15. The zero-order valence-electron chi connectivity index (χ0n) is 22.2. The SMILES string of the molecule is CN1CCN(C(=O)c2ccc(Nc3ncc(NC(=O)c4cc(NC(=O)c5cccnc5)ccc4Cl)cn3)cc2)CC1. The summed E-state index contributed by atoms with van der Waals surface area (Å²) in [5, 5.41) is 8.74. The molecule has 11 nitrogen and oxygen atoms in total. The molecule has 0 atom stereocenters. The number of nitrogens with one attached hydrogen (secondary N) is 3. The Labute approximate surface area is 241 Å². The zero-order valence-corrected chi connectivity index (χ0v) is 22.9. The van der Waals surface area contributed by atoms with E-state index in [1.165, 1.54) is 30.7 Å². The number of nitrogens with zero attached hydrogens (tertiary/aromatic N) is 5. The van der Waals surface area contributed by atoms with E-state index >= 15 is 0 Å². The Balaban J connectivity index is 1.18. The maximum absolute atomic E-state index is 12.9. The van der Waals surface area contributed by atoms with Crippen LogP contribution >= 0.6 is 11.6 Å². The first kappa shape index (κ1) is 27.7. The van der Waals surface area contributed by atoms with Crippen molar-refractivity contribution in [3.05, 3.63) is 101 Å². The first-order valence-electron chi connectivity index (χ1n) is 12.8. The van der Waals surface area contributed by atoms with Gasteiger partial charge >= 0.3 is 0 Å². The molecule has 0 radical (unpaired) electrons. The van der Waals surface area contributed by atoms with Crippen molar-refractivity contribution in [2.24, 2.45) is 0 Å². The van der Waals surface area contributed by atoms with Crippen LogP contribution in [0.1, 0.15) is 31.1 Å². The number of likely N-dealkylation sites (N-methyl/N-ethyl adjacent to an activating group) is 1. The van der Waals surface area contributed by atoms with Crippen LogP contribution < -0.4 is 16.0 Å². The molecule has 3 heterocycles. The highest BCUT2D eigenvalue weighted by Gasteiger charge is 2.20. The Morgan fingerprint density at radius 3 is 2.15 bits per heavy atom. The maximum Gasteiger partial charge on any atom is 0.257 e. The topological polar surface area (TPSA) is 132 Å². The number of benzene rings is 2. The van der Waals surface area contributed by atoms with Crippen LogP contribution in [0, 0.1) is 0 Å². The van der Waals surface area contributed by atoms with Gasteiger partial charge in [-0.1, -0.05) is 11.6 Å². The van der Waals surface area contributed by atoms with Gasteiger partial charge in [0.05, 0.1) is 34.2 Å². The van der Waals surface area contributed by atoms with Crippen molar-refractivity contribution in [1.29, 1.82) is 0 Å². The molecule has 1 aliphatic rings. The van der Waals surface area contributed by atoms with Gasteiger partial charge in [0.25, 0.3) is 17.7 Å². The number of aromatic nitrogens is 3. The maximum atomic E-state index is 12.9. The molecule has 2 aromatic carbocycles. The zero-order chi connectivity index (χ0) is 28.8. The lowest BCUT2D eigenvalue weighted by atomic mass is 10.1. The second-order valence-electron chi connectivity index (χ2n) is 9.44. The highest BCUT2D eigenvalue weighted by molar-refractivity contribution is 6.34. The molecule has 0 unspecified atom stereocenters. The number of piperazine rings is 1. The number of rotatable bonds is 7. The standard InChI is InChI=1S/C29H27ClN8O3/c1-37-11-13-38(14-12-37)28(41)19-4-6-21(7-5-19)36-29-32-17-23(18-33-29)35-27(40)24-15-22(8-9-25(24)30)34-26(39)20-3-2-10-31-16-20/h2-10,15-18H,11-14H2,1H3,(H,34,39)(H,35,40)(H,32,33,36). The normalized spacial score (nSPS) is 13.4. The van der Waals surface area contributed by atoms with E-state index in [0.717, 1.165) is 13.1 Å². The second kappa shape index (κ2) is 12.5. The molecule has 1 fully saturated rings. The van der Waals surface area contributed by atoms with Gasteiger partial charge in [-0.25, -0.2) is 9.97 Å². The Morgan fingerprint density at radius 1 is 0.780 bits per heavy atom. The second-order valence-corrected chi connectivity index (χ2v) is 9.84. The molecular formula is C29H27ClN8O3. The minimum Gasteiger partial charge on any atom is -0.336 e. The first-order chi connectivity index (χ1) is 19.9. The molecular weight excluding hydrogens is 544 g/mol. The molecule has 12 heteroatoms. The van der Waals surface area contributed by atoms with E-state index in [1.807, 2.05) is 11.9 Å². The van der Waals surface area contributed by atoms with Crippen LogP contribution in [0.4, 0.5) is 23.0 Å². The molecule has 4 aromatic rings. The molecule has 0 bridgehead atoms. The minimum absolute atomic E-state index is 0.0162. The monoisotopic (exact) mass is 570 g/mol. The number of carbonyl (C=O) groups excluding carboxylic acids is 3. The highest BCUT2D eigenvalue weighted by Crippen LogP contribution is 2.23. The summed E-state index contributed by atoms with van der Waals surface area (Å²) in [6.07, 6.45) is 5.94. The molecule has 2 aromatic heterocycles. The van der Waals surface area contributed by atoms with Crippen molar-refractivity contribution in [3.63, 3.8) is 0 Å². The van der Waals surface area contributed by atoms with Crippen molar-refractivity contribution < 1.29 is 14.4 Å². The third-order valence-electron chi connectivity index (χ3n) is 6.48. The van der Waals surface area contributed by atoms with Gasteiger partial charge in [-0.2, -0.15) is 0 Å². The fourth-order valence-corrected chi connectivity index (χ4v) is 4.35. The van der Waals surface area contributed by atoms with E-state index in [0.29, 0.717) is 47.2 Å². The molecule has 0 aliphatic carbocycles. The predicted octanol–water partition coefficient (Wildman–Crippen LogP) is 4.16. The Bertz CT molecular complexity index is 1540. The molecule has 0 saturated carbocycles. The van der Waals surface area contributed by atoms with E-state index in [4.69, 9.17) is 11.6 Å². The number of hydrogen-bond donors (Lipinski definition) is 3. The Kier molecular flexibility index (Phi) is 8.47. The molecule has 1 saturated heterocycles. The van der Waals surface area contributed by atoms with Gasteiger partial charge in [0.15, 0.2) is 0 Å². The third-order valence-corrected chi connectivity index (χ3v) is 6.81. The van der Waals surface area contributed by atoms with Crippen molar-refractivity contribution in [2.45, 2.75) is 0 Å².